The van der Waals surface area contributed by atoms with Gasteiger partial charge in [-0.1, -0.05) is 13.3 Å². The van der Waals surface area contributed by atoms with Gasteiger partial charge in [0.1, 0.15) is 0 Å². The van der Waals surface area contributed by atoms with E-state index in [4.69, 9.17) is 5.84 Å². The van der Waals surface area contributed by atoms with Crippen LogP contribution in [0.5, 0.6) is 0 Å². The average molecular weight is 184 g/mol. The molecule has 0 amide bonds. The fourth-order valence-corrected chi connectivity index (χ4v) is 1.53. The molecule has 4 heteroatoms. The third-order valence-corrected chi connectivity index (χ3v) is 2.66. The zero-order valence-corrected chi connectivity index (χ0v) is 8.56. The lowest BCUT2D eigenvalue weighted by molar-refractivity contribution is 0.173. The Labute approximate surface area is 80.0 Å². The van der Waals surface area contributed by atoms with Crippen molar-refractivity contribution in [3.8, 4) is 0 Å². The van der Waals surface area contributed by atoms with Gasteiger partial charge in [-0.3, -0.25) is 10.4 Å². The Bertz CT molecular complexity index is 184. The molecule has 1 aliphatic carbocycles. The lowest BCUT2D eigenvalue weighted by atomic mass is 9.71. The second-order valence-corrected chi connectivity index (χ2v) is 4.00. The average Bonchev–Trinajstić information content (AvgIpc) is 2.09. The van der Waals surface area contributed by atoms with Gasteiger partial charge in [0.15, 0.2) is 0 Å². The molecule has 4 nitrogen and oxygen atoms in total. The number of rotatable bonds is 3. The van der Waals surface area contributed by atoms with Gasteiger partial charge in [0.2, 0.25) is 5.96 Å². The van der Waals surface area contributed by atoms with Crippen LogP contribution < -0.4 is 16.6 Å². The summed E-state index contributed by atoms with van der Waals surface area (Å²) in [7, 11) is 0. The smallest absolute Gasteiger partial charge is 0.205 e. The molecule has 0 aromatic carbocycles. The van der Waals surface area contributed by atoms with E-state index in [0.717, 1.165) is 13.1 Å². The predicted molar refractivity (Wildman–Crippen MR) is 55.3 cm³/mol. The van der Waals surface area contributed by atoms with E-state index < -0.39 is 0 Å². The van der Waals surface area contributed by atoms with Crippen molar-refractivity contribution in [1.82, 2.24) is 10.7 Å². The first-order chi connectivity index (χ1) is 6.20. The zero-order valence-electron chi connectivity index (χ0n) is 8.56. The van der Waals surface area contributed by atoms with Gasteiger partial charge in [0.05, 0.1) is 0 Å². The Hall–Kier alpha value is -0.770. The summed E-state index contributed by atoms with van der Waals surface area (Å²) in [6.07, 6.45) is 3.93. The second kappa shape index (κ2) is 4.46. The maximum atomic E-state index is 5.30. The molecule has 0 aliphatic heterocycles. The van der Waals surface area contributed by atoms with Gasteiger partial charge in [-0.2, -0.15) is 0 Å². The normalized spacial score (nSPS) is 20.7. The topological polar surface area (TPSA) is 62.4 Å². The third-order valence-electron chi connectivity index (χ3n) is 2.66. The van der Waals surface area contributed by atoms with Crippen LogP contribution in [-0.2, 0) is 0 Å². The van der Waals surface area contributed by atoms with Crippen LogP contribution in [0.1, 0.15) is 33.1 Å². The fraction of sp³-hybridized carbons (Fsp3) is 0.889. The van der Waals surface area contributed by atoms with Crippen LogP contribution in [0.25, 0.3) is 0 Å². The highest BCUT2D eigenvalue weighted by molar-refractivity contribution is 5.79. The Morgan fingerprint density at radius 3 is 2.62 bits per heavy atom. The van der Waals surface area contributed by atoms with E-state index in [9.17, 15) is 0 Å². The molecule has 0 heterocycles. The quantitative estimate of drug-likeness (QED) is 0.260. The Morgan fingerprint density at radius 2 is 2.23 bits per heavy atom. The van der Waals surface area contributed by atoms with Crippen LogP contribution in [-0.4, -0.2) is 19.0 Å². The molecule has 13 heavy (non-hydrogen) atoms. The minimum atomic E-state index is 0.428. The first kappa shape index (κ1) is 10.3. The number of hydrogen-bond acceptors (Lipinski definition) is 2. The molecule has 0 saturated heterocycles. The van der Waals surface area contributed by atoms with Gasteiger partial charge in [0.25, 0.3) is 0 Å². The lowest BCUT2D eigenvalue weighted by Gasteiger charge is -2.36. The van der Waals surface area contributed by atoms with Crippen LogP contribution in [0.15, 0.2) is 4.99 Å². The highest BCUT2D eigenvalue weighted by Crippen LogP contribution is 2.40. The molecule has 0 aromatic heterocycles. The van der Waals surface area contributed by atoms with Gasteiger partial charge in [-0.05, 0) is 25.2 Å². The summed E-state index contributed by atoms with van der Waals surface area (Å²) >= 11 is 0. The first-order valence-corrected chi connectivity index (χ1v) is 4.95. The van der Waals surface area contributed by atoms with Crippen molar-refractivity contribution in [1.29, 1.82) is 0 Å². The molecule has 0 spiro atoms. The highest BCUT2D eigenvalue weighted by atomic mass is 15.3. The molecular weight excluding hydrogens is 164 g/mol. The van der Waals surface area contributed by atoms with Crippen LogP contribution >= 0.6 is 0 Å². The molecule has 0 bridgehead atoms. The van der Waals surface area contributed by atoms with Crippen LogP contribution in [0, 0.1) is 5.41 Å². The summed E-state index contributed by atoms with van der Waals surface area (Å²) in [6.45, 7) is 6.03. The van der Waals surface area contributed by atoms with E-state index in [1.165, 1.54) is 19.3 Å². The molecule has 0 atom stereocenters. The van der Waals surface area contributed by atoms with Crippen molar-refractivity contribution in [2.75, 3.05) is 13.1 Å². The monoisotopic (exact) mass is 184 g/mol. The van der Waals surface area contributed by atoms with Gasteiger partial charge in [-0.15, -0.1) is 0 Å². The Morgan fingerprint density at radius 1 is 1.54 bits per heavy atom. The lowest BCUT2D eigenvalue weighted by Crippen LogP contribution is -2.42. The van der Waals surface area contributed by atoms with Gasteiger partial charge < -0.3 is 5.32 Å². The number of guanidine groups is 1. The van der Waals surface area contributed by atoms with E-state index in [-0.39, 0.29) is 0 Å². The molecule has 1 rings (SSSR count). The summed E-state index contributed by atoms with van der Waals surface area (Å²) in [5.74, 6) is 6.01. The maximum Gasteiger partial charge on any atom is 0.205 e. The molecule has 1 fully saturated rings. The fourth-order valence-electron chi connectivity index (χ4n) is 1.53. The van der Waals surface area contributed by atoms with E-state index in [2.05, 4.69) is 22.7 Å². The van der Waals surface area contributed by atoms with Gasteiger partial charge in [-0.25, -0.2) is 5.84 Å². The SMILES string of the molecule is CCNC(=NCC1(C)CCC1)NN. The summed E-state index contributed by atoms with van der Waals surface area (Å²) < 4.78 is 0. The molecule has 4 N–H and O–H groups in total. The van der Waals surface area contributed by atoms with Gasteiger partial charge >= 0.3 is 0 Å². The van der Waals surface area contributed by atoms with E-state index in [1.807, 2.05) is 6.92 Å². The van der Waals surface area contributed by atoms with Crippen molar-refractivity contribution in [3.63, 3.8) is 0 Å². The number of nitrogens with one attached hydrogen (secondary N) is 2. The number of hydrazine groups is 1. The number of nitrogens with two attached hydrogens (primary N) is 1. The zero-order chi connectivity index (χ0) is 9.73. The Kier molecular flexibility index (Phi) is 3.54. The number of hydrogen-bond donors (Lipinski definition) is 3. The maximum absolute atomic E-state index is 5.30. The summed E-state index contributed by atoms with van der Waals surface area (Å²) in [5.41, 5.74) is 2.99. The van der Waals surface area contributed by atoms with Crippen LogP contribution in [0.2, 0.25) is 0 Å². The molecule has 0 unspecified atom stereocenters. The van der Waals surface area contributed by atoms with Crippen LogP contribution in [0.3, 0.4) is 0 Å². The van der Waals surface area contributed by atoms with Gasteiger partial charge in [0, 0.05) is 13.1 Å². The van der Waals surface area contributed by atoms with E-state index in [0.29, 0.717) is 11.4 Å². The van der Waals surface area contributed by atoms with Crippen molar-refractivity contribution >= 4 is 5.96 Å². The largest absolute Gasteiger partial charge is 0.356 e. The van der Waals surface area contributed by atoms with Crippen molar-refractivity contribution in [2.24, 2.45) is 16.3 Å². The Balaban J connectivity index is 2.34. The predicted octanol–water partition coefficient (Wildman–Crippen LogP) is 0.605. The standard InChI is InChI=1S/C9H20N4/c1-3-11-8(13-10)12-7-9(2)5-4-6-9/h3-7,10H2,1-2H3,(H2,11,12,13). The molecule has 1 saturated carbocycles. The van der Waals surface area contributed by atoms with Crippen molar-refractivity contribution in [3.05, 3.63) is 0 Å². The highest BCUT2D eigenvalue weighted by Gasteiger charge is 2.31. The van der Waals surface area contributed by atoms with Crippen molar-refractivity contribution < 1.29 is 0 Å². The molecule has 76 valence electrons. The number of aliphatic imine (C=N–C) groups is 1. The van der Waals surface area contributed by atoms with E-state index in [1.54, 1.807) is 0 Å². The summed E-state index contributed by atoms with van der Waals surface area (Å²) in [4.78, 5) is 4.40. The van der Waals surface area contributed by atoms with E-state index >= 15 is 0 Å². The molecule has 0 radical (unpaired) electrons. The summed E-state index contributed by atoms with van der Waals surface area (Å²) in [5, 5.41) is 3.07. The second-order valence-electron chi connectivity index (χ2n) is 4.00. The minimum absolute atomic E-state index is 0.428. The minimum Gasteiger partial charge on any atom is -0.356 e. The summed E-state index contributed by atoms with van der Waals surface area (Å²) in [6, 6.07) is 0. The molecular formula is C9H20N4. The first-order valence-electron chi connectivity index (χ1n) is 4.95. The van der Waals surface area contributed by atoms with Crippen molar-refractivity contribution in [2.45, 2.75) is 33.1 Å². The third kappa shape index (κ3) is 2.88. The molecule has 1 aliphatic rings. The van der Waals surface area contributed by atoms with Crippen LogP contribution in [0.4, 0.5) is 0 Å². The molecule has 0 aromatic rings. The number of nitrogens with zero attached hydrogens (tertiary/aromatic N) is 1.